The number of nitrogens with zero attached hydrogens (tertiary/aromatic N) is 6. The smallest absolute Gasteiger partial charge is 0.227 e. The van der Waals surface area contributed by atoms with Crippen molar-refractivity contribution in [1.82, 2.24) is 29.1 Å². The first-order valence-corrected chi connectivity index (χ1v) is 11.1. The van der Waals surface area contributed by atoms with Gasteiger partial charge in [-0.05, 0) is 43.1 Å². The van der Waals surface area contributed by atoms with Crippen LogP contribution in [-0.2, 0) is 30.8 Å². The highest BCUT2D eigenvalue weighted by molar-refractivity contribution is 5.84. The van der Waals surface area contributed by atoms with Gasteiger partial charge in [-0.3, -0.25) is 9.48 Å². The third kappa shape index (κ3) is 2.77. The predicted molar refractivity (Wildman–Crippen MR) is 108 cm³/mol. The van der Waals surface area contributed by atoms with Gasteiger partial charge in [0.1, 0.15) is 5.54 Å². The fourth-order valence-electron chi connectivity index (χ4n) is 5.79. The molecule has 6 rings (SSSR count). The maximum Gasteiger partial charge on any atom is 0.227 e. The monoisotopic (exact) mass is 394 g/mol. The van der Waals surface area contributed by atoms with Crippen molar-refractivity contribution in [2.24, 2.45) is 25.9 Å². The van der Waals surface area contributed by atoms with Gasteiger partial charge in [-0.2, -0.15) is 5.10 Å². The normalized spacial score (nSPS) is 31.4. The lowest BCUT2D eigenvalue weighted by Gasteiger charge is -2.44. The molecule has 29 heavy (non-hydrogen) atoms. The molecule has 1 saturated heterocycles. The molecule has 0 bridgehead atoms. The van der Waals surface area contributed by atoms with Crippen LogP contribution < -0.4 is 0 Å². The Bertz CT molecular complexity index is 958. The van der Waals surface area contributed by atoms with E-state index in [-0.39, 0.29) is 11.5 Å². The number of amides is 1. The van der Waals surface area contributed by atoms with Crippen molar-refractivity contribution < 1.29 is 4.79 Å². The summed E-state index contributed by atoms with van der Waals surface area (Å²) < 4.78 is 4.00. The van der Waals surface area contributed by atoms with Crippen LogP contribution in [0, 0.1) is 11.8 Å². The molecule has 4 heterocycles. The fourth-order valence-corrected chi connectivity index (χ4v) is 5.79. The van der Waals surface area contributed by atoms with Crippen LogP contribution in [0.5, 0.6) is 0 Å². The summed E-state index contributed by atoms with van der Waals surface area (Å²) in [6.45, 7) is 4.03. The second-order valence-electron chi connectivity index (χ2n) is 9.75. The lowest BCUT2D eigenvalue weighted by atomic mass is 9.85. The average molecular weight is 395 g/mol. The quantitative estimate of drug-likeness (QED) is 0.791. The van der Waals surface area contributed by atoms with Gasteiger partial charge in [-0.1, -0.05) is 0 Å². The van der Waals surface area contributed by atoms with Gasteiger partial charge in [0.05, 0.1) is 18.2 Å². The first kappa shape index (κ1) is 17.7. The van der Waals surface area contributed by atoms with E-state index in [9.17, 15) is 4.79 Å². The highest BCUT2D eigenvalue weighted by atomic mass is 16.2. The Morgan fingerprint density at radius 3 is 2.90 bits per heavy atom. The van der Waals surface area contributed by atoms with Crippen LogP contribution in [0.2, 0.25) is 0 Å². The molecule has 3 atom stereocenters. The van der Waals surface area contributed by atoms with Crippen molar-refractivity contribution in [3.05, 3.63) is 35.7 Å². The van der Waals surface area contributed by atoms with E-state index in [2.05, 4.69) is 32.7 Å². The van der Waals surface area contributed by atoms with Crippen molar-refractivity contribution in [3.63, 3.8) is 0 Å². The molecule has 4 aliphatic rings. The van der Waals surface area contributed by atoms with Crippen LogP contribution in [0.1, 0.15) is 48.6 Å². The van der Waals surface area contributed by atoms with E-state index in [4.69, 9.17) is 4.98 Å². The third-order valence-corrected chi connectivity index (χ3v) is 7.66. The van der Waals surface area contributed by atoms with Gasteiger partial charge >= 0.3 is 0 Å². The fraction of sp³-hybridized carbons (Fsp3) is 0.682. The Morgan fingerprint density at radius 1 is 1.28 bits per heavy atom. The number of rotatable bonds is 4. The number of carbonyl (C=O) groups excluding carboxylic acids is 1. The molecule has 2 aromatic heterocycles. The van der Waals surface area contributed by atoms with Crippen molar-refractivity contribution >= 4 is 5.91 Å². The SMILES string of the molecule is Cn1cc([C@@H]2C[C@H]2C(=O)N2CCc3c(ncn3C)C23CCN(CC2CC2)C3)cn1. The van der Waals surface area contributed by atoms with Crippen molar-refractivity contribution in [2.75, 3.05) is 26.2 Å². The molecule has 0 aromatic carbocycles. The van der Waals surface area contributed by atoms with E-state index < -0.39 is 0 Å². The van der Waals surface area contributed by atoms with Gasteiger partial charge in [0.15, 0.2) is 0 Å². The molecule has 2 saturated carbocycles. The largest absolute Gasteiger partial charge is 0.337 e. The van der Waals surface area contributed by atoms with Gasteiger partial charge in [0, 0.05) is 64.5 Å². The summed E-state index contributed by atoms with van der Waals surface area (Å²) in [5, 5.41) is 4.30. The molecule has 1 unspecified atom stereocenters. The van der Waals surface area contributed by atoms with Crippen LogP contribution in [-0.4, -0.2) is 61.2 Å². The molecule has 2 aliphatic heterocycles. The summed E-state index contributed by atoms with van der Waals surface area (Å²) >= 11 is 0. The molecule has 154 valence electrons. The van der Waals surface area contributed by atoms with E-state index in [0.29, 0.717) is 11.8 Å². The van der Waals surface area contributed by atoms with Crippen LogP contribution in [0.3, 0.4) is 0 Å². The van der Waals surface area contributed by atoms with E-state index in [1.54, 1.807) is 0 Å². The molecule has 0 radical (unpaired) electrons. The van der Waals surface area contributed by atoms with Gasteiger partial charge in [0.2, 0.25) is 5.91 Å². The number of carbonyl (C=O) groups is 1. The summed E-state index contributed by atoms with van der Waals surface area (Å²) in [5.41, 5.74) is 3.46. The number of hydrogen-bond donors (Lipinski definition) is 0. The predicted octanol–water partition coefficient (Wildman–Crippen LogP) is 1.65. The van der Waals surface area contributed by atoms with Crippen molar-refractivity contribution in [3.8, 4) is 0 Å². The average Bonchev–Trinajstić information content (AvgIpc) is 3.57. The first-order chi connectivity index (χ1) is 14.0. The summed E-state index contributed by atoms with van der Waals surface area (Å²) in [4.78, 5) is 23.4. The first-order valence-electron chi connectivity index (χ1n) is 11.1. The molecule has 1 amide bonds. The number of aromatic nitrogens is 4. The molecule has 2 aliphatic carbocycles. The Morgan fingerprint density at radius 2 is 2.14 bits per heavy atom. The van der Waals surface area contributed by atoms with Crippen LogP contribution in [0.25, 0.3) is 0 Å². The molecule has 0 N–H and O–H groups in total. The van der Waals surface area contributed by atoms with E-state index in [0.717, 1.165) is 50.5 Å². The zero-order valence-corrected chi connectivity index (χ0v) is 17.4. The Hall–Kier alpha value is -2.15. The van der Waals surface area contributed by atoms with Gasteiger partial charge < -0.3 is 14.4 Å². The molecular formula is C22H30N6O. The zero-order chi connectivity index (χ0) is 19.8. The minimum atomic E-state index is -0.233. The molecule has 1 spiro atoms. The van der Waals surface area contributed by atoms with Crippen LogP contribution in [0.15, 0.2) is 18.7 Å². The summed E-state index contributed by atoms with van der Waals surface area (Å²) in [6, 6.07) is 0. The highest BCUT2D eigenvalue weighted by Crippen LogP contribution is 2.51. The summed E-state index contributed by atoms with van der Waals surface area (Å²) in [5.74, 6) is 1.66. The lowest BCUT2D eigenvalue weighted by Crippen LogP contribution is -2.56. The molecule has 7 heteroatoms. The second kappa shape index (κ2) is 6.17. The van der Waals surface area contributed by atoms with E-state index >= 15 is 0 Å². The molecule has 3 fully saturated rings. The highest BCUT2D eigenvalue weighted by Gasteiger charge is 2.56. The van der Waals surface area contributed by atoms with Crippen LogP contribution in [0.4, 0.5) is 0 Å². The minimum Gasteiger partial charge on any atom is -0.337 e. The van der Waals surface area contributed by atoms with Crippen molar-refractivity contribution in [1.29, 1.82) is 0 Å². The van der Waals surface area contributed by atoms with Gasteiger partial charge in [-0.15, -0.1) is 0 Å². The maximum atomic E-state index is 13.7. The number of likely N-dealkylation sites (tertiary alicyclic amines) is 1. The van der Waals surface area contributed by atoms with Gasteiger partial charge in [-0.25, -0.2) is 4.98 Å². The van der Waals surface area contributed by atoms with Crippen molar-refractivity contribution in [2.45, 2.75) is 43.6 Å². The summed E-state index contributed by atoms with van der Waals surface area (Å²) in [7, 11) is 4.03. The standard InChI is InChI=1S/C22H30N6O/c1-25-14-23-20-19(25)5-7-28(22(20)6-8-27(13-22)11-15-3-4-15)21(29)18-9-17(18)16-10-24-26(2)12-16/h10,12,14-15,17-18H,3-9,11,13H2,1-2H3/t17-,18+,22?/m0/s1. The third-order valence-electron chi connectivity index (χ3n) is 7.66. The number of imidazole rings is 1. The topological polar surface area (TPSA) is 59.2 Å². The second-order valence-corrected chi connectivity index (χ2v) is 9.75. The molecule has 7 nitrogen and oxygen atoms in total. The number of fused-ring (bicyclic) bond motifs is 2. The number of hydrogen-bond acceptors (Lipinski definition) is 4. The summed E-state index contributed by atoms with van der Waals surface area (Å²) in [6.07, 6.45) is 11.6. The van der Waals surface area contributed by atoms with Gasteiger partial charge in [0.25, 0.3) is 0 Å². The Kier molecular flexibility index (Phi) is 3.77. The van der Waals surface area contributed by atoms with E-state index in [1.807, 2.05) is 24.3 Å². The number of aryl methyl sites for hydroxylation is 2. The Labute approximate surface area is 171 Å². The zero-order valence-electron chi connectivity index (χ0n) is 17.4. The lowest BCUT2D eigenvalue weighted by molar-refractivity contribution is -0.140. The Balaban J connectivity index is 1.29. The molecular weight excluding hydrogens is 364 g/mol. The van der Waals surface area contributed by atoms with E-state index in [1.165, 1.54) is 30.6 Å². The maximum absolute atomic E-state index is 13.7. The minimum absolute atomic E-state index is 0.110. The van der Waals surface area contributed by atoms with Crippen LogP contribution >= 0.6 is 0 Å². The molecule has 2 aromatic rings.